The highest BCUT2D eigenvalue weighted by Gasteiger charge is 2.20. The Morgan fingerprint density at radius 2 is 1.76 bits per heavy atom. The number of halogens is 1. The van der Waals surface area contributed by atoms with Crippen molar-refractivity contribution in [2.75, 3.05) is 25.0 Å². The summed E-state index contributed by atoms with van der Waals surface area (Å²) in [5, 5.41) is 17.0. The highest BCUT2D eigenvalue weighted by atomic mass is 35.5. The number of hydrogen-bond donors (Lipinski definition) is 4. The highest BCUT2D eigenvalue weighted by Crippen LogP contribution is 2.26. The average molecular weight is 502 g/mol. The summed E-state index contributed by atoms with van der Waals surface area (Å²) in [4.78, 5) is 11.9. The Morgan fingerprint density at radius 1 is 1.06 bits per heavy atom. The van der Waals surface area contributed by atoms with E-state index in [9.17, 15) is 18.3 Å². The Labute approximate surface area is 204 Å². The maximum Gasteiger partial charge on any atom is 0.250 e. The maximum absolute atomic E-state index is 13.1. The fourth-order valence-corrected chi connectivity index (χ4v) is 5.00. The van der Waals surface area contributed by atoms with Crippen LogP contribution in [0, 0.1) is 0 Å². The minimum atomic E-state index is -3.81. The number of carbonyl (C=O) groups is 1. The number of nitrogens with two attached hydrogens (primary N) is 1. The number of anilines is 1. The molecule has 0 saturated heterocycles. The van der Waals surface area contributed by atoms with E-state index in [4.69, 9.17) is 17.3 Å². The first-order valence-corrected chi connectivity index (χ1v) is 12.7. The van der Waals surface area contributed by atoms with Gasteiger partial charge < -0.3 is 21.5 Å². The molecule has 0 saturated carbocycles. The first-order valence-electron chi connectivity index (χ1n) is 10.9. The third-order valence-corrected chi connectivity index (χ3v) is 7.33. The topological polar surface area (TPSA) is 122 Å². The molecule has 3 aromatic rings. The lowest BCUT2D eigenvalue weighted by molar-refractivity contribution is 0.100. The van der Waals surface area contributed by atoms with E-state index in [1.807, 2.05) is 13.0 Å². The van der Waals surface area contributed by atoms with Crippen molar-refractivity contribution in [2.24, 2.45) is 5.73 Å². The van der Waals surface area contributed by atoms with Crippen molar-refractivity contribution in [2.45, 2.75) is 29.2 Å². The van der Waals surface area contributed by atoms with Crippen LogP contribution in [0.2, 0.25) is 5.02 Å². The third kappa shape index (κ3) is 6.36. The Hall–Kier alpha value is -2.91. The zero-order valence-electron chi connectivity index (χ0n) is 18.8. The summed E-state index contributed by atoms with van der Waals surface area (Å²) in [5.41, 5.74) is 7.75. The molecule has 7 nitrogen and oxygen atoms in total. The molecule has 34 heavy (non-hydrogen) atoms. The minimum absolute atomic E-state index is 0.00683. The number of carbonyl (C=O) groups excluding carboxylic acids is 1. The number of hydrogen-bond acceptors (Lipinski definition) is 6. The molecule has 0 bridgehead atoms. The van der Waals surface area contributed by atoms with Gasteiger partial charge in [-0.1, -0.05) is 35.9 Å². The molecule has 0 aliphatic rings. The summed E-state index contributed by atoms with van der Waals surface area (Å²) in [5.74, 6) is -0.698. The molecule has 5 N–H and O–H groups in total. The SMILES string of the molecule is CCNc1ccc(S(=O)(=O)c2ccc(CCNC[C@H](O)c3cccc(Cl)c3)cc2)cc1C(N)=O. The lowest BCUT2D eigenvalue weighted by Gasteiger charge is -2.13. The van der Waals surface area contributed by atoms with Gasteiger partial charge in [0, 0.05) is 23.8 Å². The van der Waals surface area contributed by atoms with Crippen molar-refractivity contribution in [1.29, 1.82) is 0 Å². The number of aliphatic hydroxyl groups is 1. The number of benzene rings is 3. The summed E-state index contributed by atoms with van der Waals surface area (Å²) in [7, 11) is -3.81. The van der Waals surface area contributed by atoms with Crippen molar-refractivity contribution < 1.29 is 18.3 Å². The molecule has 1 amide bonds. The largest absolute Gasteiger partial charge is 0.387 e. The van der Waals surface area contributed by atoms with Crippen LogP contribution in [0.15, 0.2) is 76.5 Å². The molecule has 1 atom stereocenters. The molecule has 3 rings (SSSR count). The van der Waals surface area contributed by atoms with Crippen molar-refractivity contribution in [3.05, 3.63) is 88.4 Å². The lowest BCUT2D eigenvalue weighted by atomic mass is 10.1. The van der Waals surface area contributed by atoms with Crippen LogP contribution in [-0.4, -0.2) is 39.1 Å². The van der Waals surface area contributed by atoms with Gasteiger partial charge in [-0.25, -0.2) is 8.42 Å². The van der Waals surface area contributed by atoms with E-state index in [0.29, 0.717) is 36.8 Å². The van der Waals surface area contributed by atoms with Gasteiger partial charge in [-0.2, -0.15) is 0 Å². The lowest BCUT2D eigenvalue weighted by Crippen LogP contribution is -2.23. The summed E-state index contributed by atoms with van der Waals surface area (Å²) >= 11 is 5.96. The number of primary amides is 1. The number of amides is 1. The van der Waals surface area contributed by atoms with Crippen LogP contribution in [0.25, 0.3) is 0 Å². The summed E-state index contributed by atoms with van der Waals surface area (Å²) in [6.45, 7) is 3.42. The van der Waals surface area contributed by atoms with Gasteiger partial charge >= 0.3 is 0 Å². The van der Waals surface area contributed by atoms with Gasteiger partial charge in [0.15, 0.2) is 0 Å². The predicted molar refractivity (Wildman–Crippen MR) is 134 cm³/mol. The molecule has 0 radical (unpaired) electrons. The van der Waals surface area contributed by atoms with Crippen molar-refractivity contribution >= 4 is 33.0 Å². The molecule has 9 heteroatoms. The molecular weight excluding hydrogens is 474 g/mol. The molecular formula is C25H28ClN3O4S. The van der Waals surface area contributed by atoms with Crippen LogP contribution in [0.3, 0.4) is 0 Å². The summed E-state index contributed by atoms with van der Waals surface area (Å²) in [6.07, 6.45) is -0.0124. The third-order valence-electron chi connectivity index (χ3n) is 5.33. The van der Waals surface area contributed by atoms with Crippen LogP contribution in [0.5, 0.6) is 0 Å². The van der Waals surface area contributed by atoms with E-state index in [1.54, 1.807) is 48.5 Å². The minimum Gasteiger partial charge on any atom is -0.387 e. The van der Waals surface area contributed by atoms with Crippen molar-refractivity contribution in [1.82, 2.24) is 5.32 Å². The molecule has 0 aliphatic carbocycles. The normalized spacial score (nSPS) is 12.3. The Balaban J connectivity index is 1.62. The number of nitrogens with one attached hydrogen (secondary N) is 2. The fraction of sp³-hybridized carbons (Fsp3) is 0.240. The van der Waals surface area contributed by atoms with E-state index >= 15 is 0 Å². The van der Waals surface area contributed by atoms with Crippen LogP contribution in [0.1, 0.15) is 34.5 Å². The molecule has 3 aromatic carbocycles. The molecule has 180 valence electrons. The molecule has 0 aromatic heterocycles. The van der Waals surface area contributed by atoms with Gasteiger partial charge in [-0.15, -0.1) is 0 Å². The van der Waals surface area contributed by atoms with Crippen LogP contribution in [0.4, 0.5) is 5.69 Å². The number of aliphatic hydroxyl groups excluding tert-OH is 1. The average Bonchev–Trinajstić information content (AvgIpc) is 2.82. The molecule has 0 fully saturated rings. The molecule has 0 unspecified atom stereocenters. The monoisotopic (exact) mass is 501 g/mol. The molecule has 0 aliphatic heterocycles. The second-order valence-electron chi connectivity index (χ2n) is 7.77. The summed E-state index contributed by atoms with van der Waals surface area (Å²) < 4.78 is 26.1. The predicted octanol–water partition coefficient (Wildman–Crippen LogP) is 3.57. The zero-order chi connectivity index (χ0) is 24.7. The van der Waals surface area contributed by atoms with Crippen molar-refractivity contribution in [3.63, 3.8) is 0 Å². The second-order valence-corrected chi connectivity index (χ2v) is 10.2. The Kier molecular flexibility index (Phi) is 8.68. The van der Waals surface area contributed by atoms with Crippen LogP contribution >= 0.6 is 11.6 Å². The van der Waals surface area contributed by atoms with E-state index < -0.39 is 21.8 Å². The van der Waals surface area contributed by atoms with Gasteiger partial charge in [0.2, 0.25) is 9.84 Å². The van der Waals surface area contributed by atoms with Crippen LogP contribution < -0.4 is 16.4 Å². The summed E-state index contributed by atoms with van der Waals surface area (Å²) in [6, 6.07) is 18.0. The van der Waals surface area contributed by atoms with Gasteiger partial charge in [0.05, 0.1) is 21.5 Å². The van der Waals surface area contributed by atoms with Gasteiger partial charge in [-0.3, -0.25) is 4.79 Å². The smallest absolute Gasteiger partial charge is 0.250 e. The first-order chi connectivity index (χ1) is 16.2. The maximum atomic E-state index is 13.1. The van der Waals surface area contributed by atoms with E-state index in [0.717, 1.165) is 11.1 Å². The van der Waals surface area contributed by atoms with E-state index in [2.05, 4.69) is 10.6 Å². The van der Waals surface area contributed by atoms with E-state index in [-0.39, 0.29) is 15.4 Å². The highest BCUT2D eigenvalue weighted by molar-refractivity contribution is 7.91. The van der Waals surface area contributed by atoms with Crippen LogP contribution in [-0.2, 0) is 16.3 Å². The standard InChI is InChI=1S/C25H28ClN3O4S/c1-2-29-23-11-10-21(15-22(23)25(27)31)34(32,33)20-8-6-17(7-9-20)12-13-28-16-24(30)18-4-3-5-19(26)14-18/h3-11,14-15,24,28-30H,2,12-13,16H2,1H3,(H2,27,31)/t24-/m0/s1. The molecule has 0 heterocycles. The Morgan fingerprint density at radius 3 is 2.41 bits per heavy atom. The van der Waals surface area contributed by atoms with E-state index in [1.165, 1.54) is 12.1 Å². The zero-order valence-corrected chi connectivity index (χ0v) is 20.4. The Bertz CT molecular complexity index is 1250. The fourth-order valence-electron chi connectivity index (χ4n) is 3.51. The van der Waals surface area contributed by atoms with Crippen molar-refractivity contribution in [3.8, 4) is 0 Å². The van der Waals surface area contributed by atoms with Gasteiger partial charge in [0.25, 0.3) is 5.91 Å². The first kappa shape index (κ1) is 25.7. The van der Waals surface area contributed by atoms with Gasteiger partial charge in [0.1, 0.15) is 0 Å². The van der Waals surface area contributed by atoms with Gasteiger partial charge in [-0.05, 0) is 73.5 Å². The number of rotatable bonds is 11. The second kappa shape index (κ2) is 11.5. The quantitative estimate of drug-likeness (QED) is 0.298. The number of sulfone groups is 1. The molecule has 0 spiro atoms.